The molecular weight excluding hydrogens is 293 g/mol. The van der Waals surface area contributed by atoms with Crippen LogP contribution in [0, 0.1) is 17.1 Å². The molecule has 4 nitrogen and oxygen atoms in total. The van der Waals surface area contributed by atoms with Crippen LogP contribution in [0.25, 0.3) is 11.3 Å². The standard InChI is InChI=1S/C18H18FN3O/c1-22-16(11-20)6-7-17(22)12-8-13(10-14(19)9-12)18(23)21-15-4-2-3-5-15/h6-10,15H,2-5H2,1H3,(H,21,23). The van der Waals surface area contributed by atoms with Crippen molar-refractivity contribution in [1.82, 2.24) is 9.88 Å². The van der Waals surface area contributed by atoms with Crippen LogP contribution in [0.4, 0.5) is 4.39 Å². The third-order valence-corrected chi connectivity index (χ3v) is 4.38. The zero-order valence-corrected chi connectivity index (χ0v) is 13.0. The maximum absolute atomic E-state index is 14.0. The number of carbonyl (C=O) groups is 1. The number of amides is 1. The molecule has 0 saturated heterocycles. The van der Waals surface area contributed by atoms with E-state index in [-0.39, 0.29) is 11.9 Å². The zero-order chi connectivity index (χ0) is 16.4. The van der Waals surface area contributed by atoms with E-state index in [4.69, 9.17) is 5.26 Å². The molecule has 118 valence electrons. The first-order valence-corrected chi connectivity index (χ1v) is 7.76. The number of rotatable bonds is 3. The molecule has 1 N–H and O–H groups in total. The maximum atomic E-state index is 14.0. The van der Waals surface area contributed by atoms with E-state index >= 15 is 0 Å². The van der Waals surface area contributed by atoms with E-state index in [0.29, 0.717) is 22.5 Å². The topological polar surface area (TPSA) is 57.8 Å². The van der Waals surface area contributed by atoms with Crippen LogP contribution >= 0.6 is 0 Å². The molecule has 0 aliphatic heterocycles. The normalized spacial score (nSPS) is 14.7. The minimum atomic E-state index is -0.459. The molecule has 0 bridgehead atoms. The van der Waals surface area contributed by atoms with Gasteiger partial charge in [0.05, 0.1) is 0 Å². The van der Waals surface area contributed by atoms with E-state index in [0.717, 1.165) is 25.7 Å². The van der Waals surface area contributed by atoms with Gasteiger partial charge >= 0.3 is 0 Å². The second-order valence-electron chi connectivity index (χ2n) is 5.96. The van der Waals surface area contributed by atoms with Crippen molar-refractivity contribution >= 4 is 5.91 Å². The molecule has 0 unspecified atom stereocenters. The van der Waals surface area contributed by atoms with E-state index in [1.54, 1.807) is 29.8 Å². The van der Waals surface area contributed by atoms with Crippen LogP contribution in [0.3, 0.4) is 0 Å². The van der Waals surface area contributed by atoms with Crippen molar-refractivity contribution in [1.29, 1.82) is 5.26 Å². The van der Waals surface area contributed by atoms with E-state index in [9.17, 15) is 9.18 Å². The number of hydrogen-bond donors (Lipinski definition) is 1. The second-order valence-corrected chi connectivity index (χ2v) is 5.96. The Bertz CT molecular complexity index is 782. The molecule has 0 atom stereocenters. The number of nitrogens with zero attached hydrogens (tertiary/aromatic N) is 2. The summed E-state index contributed by atoms with van der Waals surface area (Å²) in [4.78, 5) is 12.3. The van der Waals surface area contributed by atoms with Gasteiger partial charge in [-0.3, -0.25) is 4.79 Å². The van der Waals surface area contributed by atoms with Crippen molar-refractivity contribution in [3.05, 3.63) is 47.4 Å². The lowest BCUT2D eigenvalue weighted by atomic mass is 10.1. The Morgan fingerprint density at radius 3 is 2.70 bits per heavy atom. The summed E-state index contributed by atoms with van der Waals surface area (Å²) in [6.07, 6.45) is 4.22. The van der Waals surface area contributed by atoms with Gasteiger partial charge in [0.2, 0.25) is 0 Å². The number of nitrogens with one attached hydrogen (secondary N) is 1. The van der Waals surface area contributed by atoms with E-state index < -0.39 is 5.82 Å². The van der Waals surface area contributed by atoms with Crippen LogP contribution in [0.15, 0.2) is 30.3 Å². The van der Waals surface area contributed by atoms with E-state index in [1.165, 1.54) is 12.1 Å². The molecule has 1 aromatic heterocycles. The van der Waals surface area contributed by atoms with Crippen molar-refractivity contribution in [2.24, 2.45) is 7.05 Å². The zero-order valence-electron chi connectivity index (χ0n) is 13.0. The molecular formula is C18H18FN3O. The first-order valence-electron chi connectivity index (χ1n) is 7.76. The van der Waals surface area contributed by atoms with Gasteiger partial charge in [0.15, 0.2) is 0 Å². The summed E-state index contributed by atoms with van der Waals surface area (Å²) in [7, 11) is 1.75. The number of aromatic nitrogens is 1. The smallest absolute Gasteiger partial charge is 0.251 e. The number of halogens is 1. The van der Waals surface area contributed by atoms with Gasteiger partial charge < -0.3 is 9.88 Å². The Hall–Kier alpha value is -2.61. The lowest BCUT2D eigenvalue weighted by molar-refractivity contribution is 0.0937. The molecule has 5 heteroatoms. The lowest BCUT2D eigenvalue weighted by Gasteiger charge is -2.13. The summed E-state index contributed by atoms with van der Waals surface area (Å²) in [5, 5.41) is 12.0. The lowest BCUT2D eigenvalue weighted by Crippen LogP contribution is -2.32. The van der Waals surface area contributed by atoms with Crippen LogP contribution in [-0.2, 0) is 7.05 Å². The fourth-order valence-electron chi connectivity index (χ4n) is 3.12. The molecule has 1 aliphatic rings. The summed E-state index contributed by atoms with van der Waals surface area (Å²) in [5.41, 5.74) is 2.09. The van der Waals surface area contributed by atoms with Crippen LogP contribution in [0.1, 0.15) is 41.7 Å². The fourth-order valence-corrected chi connectivity index (χ4v) is 3.12. The highest BCUT2D eigenvalue weighted by molar-refractivity contribution is 5.95. The van der Waals surface area contributed by atoms with E-state index in [2.05, 4.69) is 11.4 Å². The van der Waals surface area contributed by atoms with Crippen molar-refractivity contribution in [3.63, 3.8) is 0 Å². The molecule has 1 saturated carbocycles. The van der Waals surface area contributed by atoms with Crippen LogP contribution in [0.2, 0.25) is 0 Å². The molecule has 1 fully saturated rings. The minimum absolute atomic E-state index is 0.189. The Balaban J connectivity index is 1.91. The van der Waals surface area contributed by atoms with Gasteiger partial charge in [0.25, 0.3) is 5.91 Å². The Morgan fingerprint density at radius 2 is 2.04 bits per heavy atom. The molecule has 1 heterocycles. The third-order valence-electron chi connectivity index (χ3n) is 4.38. The summed E-state index contributed by atoms with van der Waals surface area (Å²) in [6, 6.07) is 10.0. The minimum Gasteiger partial charge on any atom is -0.349 e. The molecule has 1 aromatic carbocycles. The molecule has 0 radical (unpaired) electrons. The number of carbonyl (C=O) groups excluding carboxylic acids is 1. The summed E-state index contributed by atoms with van der Waals surface area (Å²) in [5.74, 6) is -0.703. The Morgan fingerprint density at radius 1 is 1.30 bits per heavy atom. The highest BCUT2D eigenvalue weighted by atomic mass is 19.1. The van der Waals surface area contributed by atoms with Gasteiger partial charge in [-0.1, -0.05) is 12.8 Å². The fraction of sp³-hybridized carbons (Fsp3) is 0.333. The molecule has 3 rings (SSSR count). The van der Waals surface area contributed by atoms with Crippen molar-refractivity contribution in [3.8, 4) is 17.3 Å². The van der Waals surface area contributed by atoms with E-state index in [1.807, 2.05) is 0 Å². The second kappa shape index (κ2) is 6.25. The number of nitriles is 1. The van der Waals surface area contributed by atoms with Crippen LogP contribution in [0.5, 0.6) is 0 Å². The van der Waals surface area contributed by atoms with Gasteiger partial charge in [-0.25, -0.2) is 4.39 Å². The average Bonchev–Trinajstić information content (AvgIpc) is 3.16. The third kappa shape index (κ3) is 3.11. The number of hydrogen-bond acceptors (Lipinski definition) is 2. The van der Waals surface area contributed by atoms with Gasteiger partial charge in [-0.05, 0) is 43.2 Å². The van der Waals surface area contributed by atoms with Crippen molar-refractivity contribution in [2.45, 2.75) is 31.7 Å². The molecule has 2 aromatic rings. The predicted molar refractivity (Wildman–Crippen MR) is 85.2 cm³/mol. The van der Waals surface area contributed by atoms with Gasteiger partial charge in [0.1, 0.15) is 17.6 Å². The molecule has 1 aliphatic carbocycles. The molecule has 1 amide bonds. The average molecular weight is 311 g/mol. The first-order chi connectivity index (χ1) is 11.1. The SMILES string of the molecule is Cn1c(C#N)ccc1-c1cc(F)cc(C(=O)NC2CCCC2)c1. The number of benzene rings is 1. The monoisotopic (exact) mass is 311 g/mol. The highest BCUT2D eigenvalue weighted by Gasteiger charge is 2.19. The first kappa shape index (κ1) is 15.3. The Labute approximate surface area is 134 Å². The molecule has 0 spiro atoms. The predicted octanol–water partition coefficient (Wildman–Crippen LogP) is 3.38. The van der Waals surface area contributed by atoms with Crippen molar-refractivity contribution < 1.29 is 9.18 Å². The van der Waals surface area contributed by atoms with Crippen molar-refractivity contribution in [2.75, 3.05) is 0 Å². The van der Waals surface area contributed by atoms with Crippen LogP contribution in [-0.4, -0.2) is 16.5 Å². The quantitative estimate of drug-likeness (QED) is 0.944. The maximum Gasteiger partial charge on any atom is 0.251 e. The Kier molecular flexibility index (Phi) is 4.16. The summed E-state index contributed by atoms with van der Waals surface area (Å²) in [6.45, 7) is 0. The van der Waals surface area contributed by atoms with Crippen LogP contribution < -0.4 is 5.32 Å². The summed E-state index contributed by atoms with van der Waals surface area (Å²) < 4.78 is 15.6. The molecule has 23 heavy (non-hydrogen) atoms. The van der Waals surface area contributed by atoms with Gasteiger partial charge in [0, 0.05) is 29.9 Å². The van der Waals surface area contributed by atoms with Gasteiger partial charge in [-0.15, -0.1) is 0 Å². The van der Waals surface area contributed by atoms with Gasteiger partial charge in [-0.2, -0.15) is 5.26 Å². The largest absolute Gasteiger partial charge is 0.349 e. The highest BCUT2D eigenvalue weighted by Crippen LogP contribution is 2.24. The summed E-state index contributed by atoms with van der Waals surface area (Å²) >= 11 is 0.